The van der Waals surface area contributed by atoms with Gasteiger partial charge in [0.05, 0.1) is 13.3 Å². The van der Waals surface area contributed by atoms with Crippen molar-refractivity contribution in [1.29, 1.82) is 0 Å². The van der Waals surface area contributed by atoms with Gasteiger partial charge in [0.2, 0.25) is 0 Å². The van der Waals surface area contributed by atoms with Crippen LogP contribution < -0.4 is 20.6 Å². The molecule has 1 rings (SSSR count). The monoisotopic (exact) mass is 345 g/mol. The number of nitrogens with two attached hydrogens (primary N) is 1. The van der Waals surface area contributed by atoms with E-state index in [1.165, 1.54) is 20.2 Å². The van der Waals surface area contributed by atoms with Crippen LogP contribution in [0.5, 0.6) is 11.5 Å². The van der Waals surface area contributed by atoms with Crippen molar-refractivity contribution >= 4 is 45.4 Å². The molecule has 0 aromatic heterocycles. The van der Waals surface area contributed by atoms with Crippen LogP contribution in [0.4, 0.5) is 0 Å². The highest BCUT2D eigenvalue weighted by atomic mass is 79.9. The second kappa shape index (κ2) is 7.05. The number of methoxy groups -OCH3 is 1. The zero-order valence-electron chi connectivity index (χ0n) is 10.3. The average molecular weight is 346 g/mol. The molecule has 8 heteroatoms. The van der Waals surface area contributed by atoms with Crippen molar-refractivity contribution < 1.29 is 14.3 Å². The molecular formula is C11H12BrN3O3S. The van der Waals surface area contributed by atoms with Crippen LogP contribution in [0.1, 0.15) is 12.5 Å². The summed E-state index contributed by atoms with van der Waals surface area (Å²) in [5.41, 5.74) is 8.38. The van der Waals surface area contributed by atoms with Crippen molar-refractivity contribution in [1.82, 2.24) is 5.43 Å². The third kappa shape index (κ3) is 4.84. The Morgan fingerprint density at radius 3 is 2.74 bits per heavy atom. The molecule has 0 saturated heterocycles. The van der Waals surface area contributed by atoms with Crippen LogP contribution in [0.3, 0.4) is 0 Å². The van der Waals surface area contributed by atoms with Crippen LogP contribution in [0.25, 0.3) is 0 Å². The van der Waals surface area contributed by atoms with E-state index in [1.54, 1.807) is 12.1 Å². The largest absolute Gasteiger partial charge is 0.493 e. The standard InChI is InChI=1S/C11H12BrN3O3S/c1-6(16)18-10-4-8(12)7(3-9(10)17-2)5-14-15-11(13)19/h3-5H,1-2H3,(H3,13,15,19). The van der Waals surface area contributed by atoms with E-state index in [0.717, 1.165) is 0 Å². The van der Waals surface area contributed by atoms with Crippen LogP contribution in [-0.2, 0) is 4.79 Å². The first-order valence-corrected chi connectivity index (χ1v) is 6.28. The van der Waals surface area contributed by atoms with Crippen LogP contribution in [0, 0.1) is 0 Å². The molecular weight excluding hydrogens is 334 g/mol. The van der Waals surface area contributed by atoms with Gasteiger partial charge in [0.25, 0.3) is 0 Å². The van der Waals surface area contributed by atoms with Crippen LogP contribution in [-0.4, -0.2) is 24.4 Å². The molecule has 0 heterocycles. The van der Waals surface area contributed by atoms with Crippen molar-refractivity contribution in [2.24, 2.45) is 10.8 Å². The smallest absolute Gasteiger partial charge is 0.308 e. The Labute approximate surface area is 124 Å². The molecule has 0 atom stereocenters. The summed E-state index contributed by atoms with van der Waals surface area (Å²) in [7, 11) is 1.48. The second-order valence-corrected chi connectivity index (χ2v) is 4.65. The first kappa shape index (κ1) is 15.4. The number of halogens is 1. The zero-order valence-corrected chi connectivity index (χ0v) is 12.7. The van der Waals surface area contributed by atoms with Gasteiger partial charge in [-0.05, 0) is 40.3 Å². The second-order valence-electron chi connectivity index (χ2n) is 3.35. The van der Waals surface area contributed by atoms with Crippen LogP contribution in [0.15, 0.2) is 21.7 Å². The fourth-order valence-electron chi connectivity index (χ4n) is 1.21. The van der Waals surface area contributed by atoms with Gasteiger partial charge in [-0.2, -0.15) is 5.10 Å². The Bertz CT molecular complexity index is 534. The highest BCUT2D eigenvalue weighted by molar-refractivity contribution is 9.10. The number of benzene rings is 1. The molecule has 102 valence electrons. The predicted molar refractivity (Wildman–Crippen MR) is 79.5 cm³/mol. The Kier molecular flexibility index (Phi) is 5.71. The number of nitrogens with zero attached hydrogens (tertiary/aromatic N) is 1. The summed E-state index contributed by atoms with van der Waals surface area (Å²) in [5, 5.41) is 3.90. The first-order chi connectivity index (χ1) is 8.93. The fourth-order valence-corrected chi connectivity index (χ4v) is 1.69. The van der Waals surface area contributed by atoms with E-state index in [1.807, 2.05) is 0 Å². The van der Waals surface area contributed by atoms with Crippen molar-refractivity contribution in [3.63, 3.8) is 0 Å². The number of hydrogen-bond acceptors (Lipinski definition) is 5. The molecule has 1 aromatic carbocycles. The normalized spacial score (nSPS) is 10.3. The van der Waals surface area contributed by atoms with Crippen LogP contribution >= 0.6 is 28.1 Å². The number of ether oxygens (including phenoxy) is 2. The van der Waals surface area contributed by atoms with Gasteiger partial charge in [-0.1, -0.05) is 0 Å². The Morgan fingerprint density at radius 1 is 1.53 bits per heavy atom. The third-order valence-corrected chi connectivity index (χ3v) is 2.69. The highest BCUT2D eigenvalue weighted by Crippen LogP contribution is 2.32. The van der Waals surface area contributed by atoms with Gasteiger partial charge in [0, 0.05) is 17.0 Å². The number of carbonyl (C=O) groups is 1. The molecule has 6 nitrogen and oxygen atoms in total. The molecule has 0 bridgehead atoms. The Hall–Kier alpha value is -1.67. The minimum absolute atomic E-state index is 0.0656. The lowest BCUT2D eigenvalue weighted by Crippen LogP contribution is -2.24. The third-order valence-electron chi connectivity index (χ3n) is 1.92. The molecule has 3 N–H and O–H groups in total. The number of hydrogen-bond donors (Lipinski definition) is 2. The maximum Gasteiger partial charge on any atom is 0.308 e. The van der Waals surface area contributed by atoms with Crippen molar-refractivity contribution in [2.75, 3.05) is 7.11 Å². The summed E-state index contributed by atoms with van der Waals surface area (Å²) in [6, 6.07) is 3.27. The van der Waals surface area contributed by atoms with Gasteiger partial charge in [0.15, 0.2) is 16.6 Å². The van der Waals surface area contributed by atoms with E-state index in [4.69, 9.17) is 15.2 Å². The van der Waals surface area contributed by atoms with Crippen molar-refractivity contribution in [3.8, 4) is 11.5 Å². The number of thiocarbonyl (C=S) groups is 1. The predicted octanol–water partition coefficient (Wildman–Crippen LogP) is 1.55. The number of nitrogens with one attached hydrogen (secondary N) is 1. The summed E-state index contributed by atoms with van der Waals surface area (Å²) in [4.78, 5) is 11.0. The average Bonchev–Trinajstić information content (AvgIpc) is 2.30. The topological polar surface area (TPSA) is 85.9 Å². The Balaban J connectivity index is 3.05. The molecule has 0 radical (unpaired) electrons. The number of carbonyl (C=O) groups excluding carboxylic acids is 1. The molecule has 0 fully saturated rings. The van der Waals surface area contributed by atoms with E-state index in [0.29, 0.717) is 21.5 Å². The summed E-state index contributed by atoms with van der Waals surface area (Å²) in [6.07, 6.45) is 1.50. The number of hydrazone groups is 1. The van der Waals surface area contributed by atoms with Gasteiger partial charge in [-0.3, -0.25) is 10.2 Å². The molecule has 0 spiro atoms. The molecule has 19 heavy (non-hydrogen) atoms. The number of esters is 1. The molecule has 0 unspecified atom stereocenters. The van der Waals surface area contributed by atoms with Gasteiger partial charge >= 0.3 is 5.97 Å². The minimum atomic E-state index is -0.429. The highest BCUT2D eigenvalue weighted by Gasteiger charge is 2.11. The summed E-state index contributed by atoms with van der Waals surface area (Å²) in [5.74, 6) is 0.304. The molecule has 0 aliphatic carbocycles. The van der Waals surface area contributed by atoms with Crippen molar-refractivity contribution in [3.05, 3.63) is 22.2 Å². The summed E-state index contributed by atoms with van der Waals surface area (Å²) in [6.45, 7) is 1.31. The maximum atomic E-state index is 11.0. The van der Waals surface area contributed by atoms with Gasteiger partial charge in [-0.15, -0.1) is 0 Å². The van der Waals surface area contributed by atoms with Gasteiger partial charge < -0.3 is 15.2 Å². The zero-order chi connectivity index (χ0) is 14.4. The quantitative estimate of drug-likeness (QED) is 0.283. The summed E-state index contributed by atoms with van der Waals surface area (Å²) < 4.78 is 10.8. The fraction of sp³-hybridized carbons (Fsp3) is 0.182. The van der Waals surface area contributed by atoms with Crippen LogP contribution in [0.2, 0.25) is 0 Å². The lowest BCUT2D eigenvalue weighted by molar-refractivity contribution is -0.132. The van der Waals surface area contributed by atoms with E-state index < -0.39 is 5.97 Å². The summed E-state index contributed by atoms with van der Waals surface area (Å²) >= 11 is 7.96. The lowest BCUT2D eigenvalue weighted by Gasteiger charge is -2.10. The maximum absolute atomic E-state index is 11.0. The number of rotatable bonds is 4. The first-order valence-electron chi connectivity index (χ1n) is 5.08. The van der Waals surface area contributed by atoms with E-state index in [9.17, 15) is 4.79 Å². The van der Waals surface area contributed by atoms with E-state index in [2.05, 4.69) is 38.7 Å². The lowest BCUT2D eigenvalue weighted by atomic mass is 10.2. The molecule has 0 amide bonds. The molecule has 1 aromatic rings. The molecule has 0 saturated carbocycles. The SMILES string of the molecule is COc1cc(C=NNC(N)=S)c(Br)cc1OC(C)=O. The van der Waals surface area contributed by atoms with Gasteiger partial charge in [-0.25, -0.2) is 0 Å². The Morgan fingerprint density at radius 2 is 2.21 bits per heavy atom. The van der Waals surface area contributed by atoms with Gasteiger partial charge in [0.1, 0.15) is 0 Å². The molecule has 0 aliphatic heterocycles. The van der Waals surface area contributed by atoms with E-state index in [-0.39, 0.29) is 5.11 Å². The van der Waals surface area contributed by atoms with E-state index >= 15 is 0 Å². The minimum Gasteiger partial charge on any atom is -0.493 e. The molecule has 0 aliphatic rings. The van der Waals surface area contributed by atoms with Crippen molar-refractivity contribution in [2.45, 2.75) is 6.92 Å².